The summed E-state index contributed by atoms with van der Waals surface area (Å²) in [6.07, 6.45) is 1.62. The number of anilines is 1. The molecular formula is C19H20N2O3. The molecule has 5 heteroatoms. The summed E-state index contributed by atoms with van der Waals surface area (Å²) in [5, 5.41) is 10.8. The van der Waals surface area contributed by atoms with E-state index < -0.39 is 0 Å². The fourth-order valence-corrected chi connectivity index (χ4v) is 3.33. The van der Waals surface area contributed by atoms with Gasteiger partial charge in [-0.05, 0) is 31.4 Å². The second-order valence-corrected chi connectivity index (χ2v) is 6.22. The largest absolute Gasteiger partial charge is 0.371 e. The Hall–Kier alpha value is -2.69. The number of ketones is 1. The number of piperidine rings is 1. The smallest absolute Gasteiger partial charge is 0.269 e. The van der Waals surface area contributed by atoms with Gasteiger partial charge in [0.15, 0.2) is 5.78 Å². The summed E-state index contributed by atoms with van der Waals surface area (Å²) in [6, 6.07) is 14.4. The van der Waals surface area contributed by atoms with Crippen LogP contribution in [0.3, 0.4) is 0 Å². The van der Waals surface area contributed by atoms with Crippen molar-refractivity contribution in [3.8, 4) is 0 Å². The standard InChI is InChI=1S/C19H20N2O3/c1-14-13-17(21(23)24)7-8-18(14)20-11-9-16(10-12-20)19(22)15-5-3-2-4-6-15/h2-8,13,16H,9-12H2,1H3. The Morgan fingerprint density at radius 3 is 2.38 bits per heavy atom. The van der Waals surface area contributed by atoms with Crippen LogP contribution in [0.4, 0.5) is 11.4 Å². The molecule has 0 aliphatic carbocycles. The van der Waals surface area contributed by atoms with Gasteiger partial charge in [0.05, 0.1) is 4.92 Å². The van der Waals surface area contributed by atoms with Gasteiger partial charge in [0.1, 0.15) is 0 Å². The van der Waals surface area contributed by atoms with Gasteiger partial charge in [0.2, 0.25) is 0 Å². The number of nitrogens with zero attached hydrogens (tertiary/aromatic N) is 2. The highest BCUT2D eigenvalue weighted by molar-refractivity contribution is 5.97. The SMILES string of the molecule is Cc1cc([N+](=O)[O-])ccc1N1CCC(C(=O)c2ccccc2)CC1. The van der Waals surface area contributed by atoms with Gasteiger partial charge >= 0.3 is 0 Å². The normalized spacial score (nSPS) is 15.3. The number of Topliss-reactive ketones (excluding diaryl/α,β-unsaturated/α-hetero) is 1. The van der Waals surface area contributed by atoms with E-state index in [9.17, 15) is 14.9 Å². The summed E-state index contributed by atoms with van der Waals surface area (Å²) in [5.41, 5.74) is 2.82. The highest BCUT2D eigenvalue weighted by atomic mass is 16.6. The molecule has 1 saturated heterocycles. The lowest BCUT2D eigenvalue weighted by atomic mass is 9.88. The average Bonchev–Trinajstić information content (AvgIpc) is 2.62. The number of nitro groups is 1. The maximum absolute atomic E-state index is 12.5. The molecule has 0 bridgehead atoms. The third-order valence-corrected chi connectivity index (χ3v) is 4.66. The van der Waals surface area contributed by atoms with Crippen LogP contribution in [0, 0.1) is 23.0 Å². The van der Waals surface area contributed by atoms with Crippen molar-refractivity contribution in [3.63, 3.8) is 0 Å². The Morgan fingerprint density at radius 2 is 1.79 bits per heavy atom. The molecule has 0 radical (unpaired) electrons. The first-order chi connectivity index (χ1) is 11.6. The number of non-ortho nitro benzene ring substituents is 1. The Kier molecular flexibility index (Phi) is 4.60. The molecule has 0 unspecified atom stereocenters. The summed E-state index contributed by atoms with van der Waals surface area (Å²) in [5.74, 6) is 0.276. The summed E-state index contributed by atoms with van der Waals surface area (Å²) < 4.78 is 0. The van der Waals surface area contributed by atoms with Gasteiger partial charge in [-0.1, -0.05) is 30.3 Å². The van der Waals surface area contributed by atoms with Gasteiger partial charge in [-0.15, -0.1) is 0 Å². The molecule has 0 atom stereocenters. The van der Waals surface area contributed by atoms with Crippen LogP contribution in [0.15, 0.2) is 48.5 Å². The van der Waals surface area contributed by atoms with Gasteiger partial charge < -0.3 is 4.90 Å². The Morgan fingerprint density at radius 1 is 1.12 bits per heavy atom. The van der Waals surface area contributed by atoms with Crippen LogP contribution >= 0.6 is 0 Å². The fourth-order valence-electron chi connectivity index (χ4n) is 3.33. The minimum absolute atomic E-state index is 0.0574. The lowest BCUT2D eigenvalue weighted by molar-refractivity contribution is -0.384. The summed E-state index contributed by atoms with van der Waals surface area (Å²) in [4.78, 5) is 25.2. The first-order valence-electron chi connectivity index (χ1n) is 8.15. The molecule has 2 aromatic rings. The lowest BCUT2D eigenvalue weighted by Gasteiger charge is -2.33. The number of rotatable bonds is 4. The molecule has 1 fully saturated rings. The van der Waals surface area contributed by atoms with Crippen molar-refractivity contribution in [1.29, 1.82) is 0 Å². The molecule has 0 aromatic heterocycles. The number of aryl methyl sites for hydroxylation is 1. The molecule has 0 amide bonds. The van der Waals surface area contributed by atoms with Crippen LogP contribution in [0.25, 0.3) is 0 Å². The van der Waals surface area contributed by atoms with Crippen LogP contribution in [-0.2, 0) is 0 Å². The molecule has 2 aromatic carbocycles. The molecule has 0 saturated carbocycles. The van der Waals surface area contributed by atoms with E-state index in [1.54, 1.807) is 12.1 Å². The minimum atomic E-state index is -0.373. The zero-order valence-electron chi connectivity index (χ0n) is 13.6. The van der Waals surface area contributed by atoms with Gasteiger partial charge in [-0.25, -0.2) is 0 Å². The van der Waals surface area contributed by atoms with E-state index in [0.29, 0.717) is 0 Å². The van der Waals surface area contributed by atoms with Crippen molar-refractivity contribution in [2.75, 3.05) is 18.0 Å². The van der Waals surface area contributed by atoms with E-state index >= 15 is 0 Å². The molecule has 0 spiro atoms. The van der Waals surface area contributed by atoms with Crippen molar-refractivity contribution >= 4 is 17.2 Å². The van der Waals surface area contributed by atoms with Crippen LogP contribution in [0.2, 0.25) is 0 Å². The lowest BCUT2D eigenvalue weighted by Crippen LogP contribution is -2.36. The second-order valence-electron chi connectivity index (χ2n) is 6.22. The number of carbonyl (C=O) groups excluding carboxylic acids is 1. The molecule has 1 aliphatic rings. The van der Waals surface area contributed by atoms with E-state index in [-0.39, 0.29) is 22.3 Å². The molecule has 0 N–H and O–H groups in total. The topological polar surface area (TPSA) is 63.5 Å². The zero-order chi connectivity index (χ0) is 17.1. The average molecular weight is 324 g/mol. The quantitative estimate of drug-likeness (QED) is 0.484. The Balaban J connectivity index is 1.67. The van der Waals surface area contributed by atoms with Crippen LogP contribution in [0.5, 0.6) is 0 Å². The van der Waals surface area contributed by atoms with E-state index in [1.807, 2.05) is 43.3 Å². The van der Waals surface area contributed by atoms with Crippen LogP contribution in [-0.4, -0.2) is 23.8 Å². The number of benzene rings is 2. The predicted molar refractivity (Wildman–Crippen MR) is 93.5 cm³/mol. The van der Waals surface area contributed by atoms with E-state index in [1.165, 1.54) is 0 Å². The van der Waals surface area contributed by atoms with Crippen LogP contribution < -0.4 is 4.90 Å². The number of hydrogen-bond acceptors (Lipinski definition) is 4. The number of hydrogen-bond donors (Lipinski definition) is 0. The van der Waals surface area contributed by atoms with E-state index in [4.69, 9.17) is 0 Å². The van der Waals surface area contributed by atoms with Gasteiger partial charge in [0.25, 0.3) is 5.69 Å². The van der Waals surface area contributed by atoms with Gasteiger partial charge in [0, 0.05) is 42.4 Å². The van der Waals surface area contributed by atoms with E-state index in [0.717, 1.165) is 42.7 Å². The van der Waals surface area contributed by atoms with Gasteiger partial charge in [-0.3, -0.25) is 14.9 Å². The predicted octanol–water partition coefficient (Wildman–Crippen LogP) is 4.00. The van der Waals surface area contributed by atoms with Crippen molar-refractivity contribution < 1.29 is 9.72 Å². The maximum Gasteiger partial charge on any atom is 0.269 e. The molecule has 5 nitrogen and oxygen atoms in total. The molecule has 1 aliphatic heterocycles. The maximum atomic E-state index is 12.5. The number of nitro benzene ring substituents is 1. The summed E-state index contributed by atoms with van der Waals surface area (Å²) in [7, 11) is 0. The van der Waals surface area contributed by atoms with Crippen LogP contribution in [0.1, 0.15) is 28.8 Å². The minimum Gasteiger partial charge on any atom is -0.371 e. The van der Waals surface area contributed by atoms with Gasteiger partial charge in [-0.2, -0.15) is 0 Å². The summed E-state index contributed by atoms with van der Waals surface area (Å²) in [6.45, 7) is 3.48. The van der Waals surface area contributed by atoms with Crippen molar-refractivity contribution in [2.45, 2.75) is 19.8 Å². The van der Waals surface area contributed by atoms with Crippen molar-refractivity contribution in [2.24, 2.45) is 5.92 Å². The Bertz CT molecular complexity index is 750. The first kappa shape index (κ1) is 16.2. The molecule has 1 heterocycles. The number of carbonyl (C=O) groups is 1. The molecule has 3 rings (SSSR count). The van der Waals surface area contributed by atoms with Crippen molar-refractivity contribution in [3.05, 3.63) is 69.8 Å². The first-order valence-corrected chi connectivity index (χ1v) is 8.15. The fraction of sp³-hybridized carbons (Fsp3) is 0.316. The van der Waals surface area contributed by atoms with E-state index in [2.05, 4.69) is 4.90 Å². The molecular weight excluding hydrogens is 304 g/mol. The van der Waals surface area contributed by atoms with Crippen molar-refractivity contribution in [1.82, 2.24) is 0 Å². The molecule has 24 heavy (non-hydrogen) atoms. The molecule has 124 valence electrons. The zero-order valence-corrected chi connectivity index (χ0v) is 13.6. The monoisotopic (exact) mass is 324 g/mol. The second kappa shape index (κ2) is 6.83. The highest BCUT2D eigenvalue weighted by Gasteiger charge is 2.26. The third-order valence-electron chi connectivity index (χ3n) is 4.66. The summed E-state index contributed by atoms with van der Waals surface area (Å²) >= 11 is 0. The third kappa shape index (κ3) is 3.30. The highest BCUT2D eigenvalue weighted by Crippen LogP contribution is 2.29. The Labute approximate surface area is 141 Å².